The van der Waals surface area contributed by atoms with Crippen molar-refractivity contribution >= 4 is 22.3 Å². The van der Waals surface area contributed by atoms with Crippen LogP contribution in [0.1, 0.15) is 19.3 Å². The van der Waals surface area contributed by atoms with Crippen LogP contribution in [0.2, 0.25) is 0 Å². The molecule has 4 nitrogen and oxygen atoms in total. The van der Waals surface area contributed by atoms with Gasteiger partial charge in [0.2, 0.25) is 0 Å². The van der Waals surface area contributed by atoms with Crippen LogP contribution in [0, 0.1) is 5.41 Å². The van der Waals surface area contributed by atoms with E-state index in [0.717, 1.165) is 29.6 Å². The zero-order valence-corrected chi connectivity index (χ0v) is 10.9. The second kappa shape index (κ2) is 4.70. The lowest BCUT2D eigenvalue weighted by molar-refractivity contribution is 0.253. The molecule has 1 aliphatic rings. The Hall–Kier alpha value is -1.81. The molecule has 0 aliphatic heterocycles. The van der Waals surface area contributed by atoms with E-state index in [-0.39, 0.29) is 12.0 Å². The van der Waals surface area contributed by atoms with Crippen molar-refractivity contribution in [1.29, 1.82) is 0 Å². The molecule has 0 bridgehead atoms. The highest BCUT2D eigenvalue weighted by molar-refractivity contribution is 5.96. The second-order valence-electron chi connectivity index (χ2n) is 5.43. The van der Waals surface area contributed by atoms with Crippen LogP contribution in [0.3, 0.4) is 0 Å². The van der Waals surface area contributed by atoms with E-state index < -0.39 is 0 Å². The van der Waals surface area contributed by atoms with Gasteiger partial charge in [0.25, 0.3) is 0 Å². The molecule has 0 radical (unpaired) electrons. The molecule has 1 saturated carbocycles. The quantitative estimate of drug-likeness (QED) is 0.769. The molecule has 0 spiro atoms. The molecule has 1 aromatic carbocycles. The largest absolute Gasteiger partial charge is 0.396 e. The number of aliphatic hydroxyl groups is 1. The number of pyridine rings is 1. The highest BCUT2D eigenvalue weighted by Crippen LogP contribution is 2.48. The van der Waals surface area contributed by atoms with Crippen LogP contribution < -0.4 is 11.1 Å². The van der Waals surface area contributed by atoms with Crippen LogP contribution in [-0.2, 0) is 0 Å². The highest BCUT2D eigenvalue weighted by atomic mass is 16.3. The Morgan fingerprint density at radius 1 is 1.32 bits per heavy atom. The van der Waals surface area contributed by atoms with E-state index in [2.05, 4.69) is 10.3 Å². The van der Waals surface area contributed by atoms with Gasteiger partial charge in [-0.25, -0.2) is 0 Å². The molecule has 0 unspecified atom stereocenters. The number of nitrogens with zero attached hydrogens (tertiary/aromatic N) is 1. The van der Waals surface area contributed by atoms with Crippen molar-refractivity contribution in [2.45, 2.75) is 19.3 Å². The van der Waals surface area contributed by atoms with Gasteiger partial charge in [-0.15, -0.1) is 0 Å². The summed E-state index contributed by atoms with van der Waals surface area (Å²) in [4.78, 5) is 4.33. The Morgan fingerprint density at radius 2 is 2.11 bits per heavy atom. The monoisotopic (exact) mass is 257 g/mol. The Kier molecular flexibility index (Phi) is 3.03. The average Bonchev–Trinajstić information content (AvgIpc) is 3.18. The van der Waals surface area contributed by atoms with Crippen molar-refractivity contribution in [3.05, 3.63) is 30.5 Å². The first-order chi connectivity index (χ1) is 9.24. The van der Waals surface area contributed by atoms with Crippen LogP contribution in [0.5, 0.6) is 0 Å². The van der Waals surface area contributed by atoms with E-state index in [4.69, 9.17) is 10.8 Å². The van der Waals surface area contributed by atoms with Gasteiger partial charge in [-0.1, -0.05) is 18.2 Å². The molecule has 2 aromatic rings. The van der Waals surface area contributed by atoms with Crippen molar-refractivity contribution in [1.82, 2.24) is 4.98 Å². The fraction of sp³-hybridized carbons (Fsp3) is 0.400. The Labute approximate surface area is 112 Å². The lowest BCUT2D eigenvalue weighted by Crippen LogP contribution is -2.17. The molecule has 0 amide bonds. The fourth-order valence-electron chi connectivity index (χ4n) is 2.56. The minimum atomic E-state index is 0.258. The number of hydrogen-bond donors (Lipinski definition) is 3. The van der Waals surface area contributed by atoms with E-state index in [9.17, 15) is 0 Å². The number of benzene rings is 1. The molecular weight excluding hydrogens is 238 g/mol. The van der Waals surface area contributed by atoms with Crippen molar-refractivity contribution in [3.8, 4) is 0 Å². The zero-order chi connectivity index (χ0) is 13.3. The molecule has 4 N–H and O–H groups in total. The fourth-order valence-corrected chi connectivity index (χ4v) is 2.56. The van der Waals surface area contributed by atoms with Gasteiger partial charge >= 0.3 is 0 Å². The average molecular weight is 257 g/mol. The molecule has 0 atom stereocenters. The molecule has 19 heavy (non-hydrogen) atoms. The second-order valence-corrected chi connectivity index (χ2v) is 5.43. The smallest absolute Gasteiger partial charge is 0.0743 e. The van der Waals surface area contributed by atoms with Gasteiger partial charge in [0.05, 0.1) is 23.1 Å². The van der Waals surface area contributed by atoms with E-state index in [0.29, 0.717) is 5.69 Å². The van der Waals surface area contributed by atoms with Crippen LogP contribution in [0.15, 0.2) is 30.5 Å². The summed E-state index contributed by atoms with van der Waals surface area (Å²) < 4.78 is 0. The van der Waals surface area contributed by atoms with Crippen molar-refractivity contribution in [2.24, 2.45) is 5.41 Å². The summed E-state index contributed by atoms with van der Waals surface area (Å²) in [6.07, 6.45) is 4.94. The molecule has 100 valence electrons. The molecule has 1 aromatic heterocycles. The van der Waals surface area contributed by atoms with Crippen LogP contribution in [0.25, 0.3) is 10.9 Å². The first kappa shape index (κ1) is 12.2. The molecule has 1 fully saturated rings. The predicted octanol–water partition coefficient (Wildman–Crippen LogP) is 2.39. The highest BCUT2D eigenvalue weighted by Gasteiger charge is 2.41. The number of aliphatic hydroxyl groups excluding tert-OH is 1. The maximum atomic E-state index is 9.10. The lowest BCUT2D eigenvalue weighted by Gasteiger charge is -2.18. The number of hydrogen-bond acceptors (Lipinski definition) is 4. The third-order valence-electron chi connectivity index (χ3n) is 4.04. The molecule has 4 heteroatoms. The van der Waals surface area contributed by atoms with Crippen LogP contribution in [-0.4, -0.2) is 23.2 Å². The van der Waals surface area contributed by atoms with E-state index in [1.165, 1.54) is 12.8 Å². The third kappa shape index (κ3) is 2.36. The zero-order valence-electron chi connectivity index (χ0n) is 10.9. The molecule has 0 saturated heterocycles. The van der Waals surface area contributed by atoms with Gasteiger partial charge in [-0.3, -0.25) is 4.98 Å². The molecule has 1 aliphatic carbocycles. The summed E-state index contributed by atoms with van der Waals surface area (Å²) in [6.45, 7) is 1.13. The molecular formula is C15H19N3O. The number of aromatic nitrogens is 1. The number of para-hydroxylation sites is 1. The van der Waals surface area contributed by atoms with Crippen molar-refractivity contribution in [2.75, 3.05) is 24.2 Å². The Balaban J connectivity index is 1.86. The third-order valence-corrected chi connectivity index (χ3v) is 4.04. The van der Waals surface area contributed by atoms with Crippen molar-refractivity contribution < 1.29 is 5.11 Å². The summed E-state index contributed by atoms with van der Waals surface area (Å²) in [7, 11) is 0. The lowest BCUT2D eigenvalue weighted by atomic mass is 10.0. The minimum Gasteiger partial charge on any atom is -0.396 e. The maximum absolute atomic E-state index is 9.10. The van der Waals surface area contributed by atoms with Gasteiger partial charge in [0, 0.05) is 18.5 Å². The first-order valence-electron chi connectivity index (χ1n) is 6.72. The summed E-state index contributed by atoms with van der Waals surface area (Å²) in [5.41, 5.74) is 8.90. The maximum Gasteiger partial charge on any atom is 0.0743 e. The number of nitrogens with two attached hydrogens (primary N) is 1. The Bertz CT molecular complexity index is 593. The van der Waals surface area contributed by atoms with Gasteiger partial charge in [-0.05, 0) is 30.7 Å². The van der Waals surface area contributed by atoms with Gasteiger partial charge in [-0.2, -0.15) is 0 Å². The van der Waals surface area contributed by atoms with E-state index >= 15 is 0 Å². The van der Waals surface area contributed by atoms with Gasteiger partial charge in [0.1, 0.15) is 0 Å². The summed E-state index contributed by atoms with van der Waals surface area (Å²) in [5.74, 6) is 0. The number of rotatable bonds is 5. The topological polar surface area (TPSA) is 71.2 Å². The van der Waals surface area contributed by atoms with E-state index in [1.807, 2.05) is 24.3 Å². The summed E-state index contributed by atoms with van der Waals surface area (Å²) in [5, 5.41) is 13.6. The number of fused-ring (bicyclic) bond motifs is 1. The standard InChI is InChI=1S/C15H19N3O/c16-12-9-17-13-4-2-1-3-11(13)14(12)18-10-15(5-6-15)7-8-19/h1-4,9,19H,5-8,10,16H2,(H,17,18). The van der Waals surface area contributed by atoms with Crippen LogP contribution in [0.4, 0.5) is 11.4 Å². The summed E-state index contributed by atoms with van der Waals surface area (Å²) >= 11 is 0. The van der Waals surface area contributed by atoms with E-state index in [1.54, 1.807) is 6.20 Å². The SMILES string of the molecule is Nc1cnc2ccccc2c1NCC1(CCO)CC1. The summed E-state index contributed by atoms with van der Waals surface area (Å²) in [6, 6.07) is 7.99. The van der Waals surface area contributed by atoms with Crippen LogP contribution >= 0.6 is 0 Å². The minimum absolute atomic E-state index is 0.258. The number of anilines is 2. The van der Waals surface area contributed by atoms with Gasteiger partial charge in [0.15, 0.2) is 0 Å². The first-order valence-corrected chi connectivity index (χ1v) is 6.72. The normalized spacial score (nSPS) is 16.5. The molecule has 1 heterocycles. The Morgan fingerprint density at radius 3 is 2.84 bits per heavy atom. The van der Waals surface area contributed by atoms with Crippen molar-refractivity contribution in [3.63, 3.8) is 0 Å². The predicted molar refractivity (Wildman–Crippen MR) is 78.0 cm³/mol. The molecule has 3 rings (SSSR count). The van der Waals surface area contributed by atoms with Gasteiger partial charge < -0.3 is 16.2 Å². The number of nitrogens with one attached hydrogen (secondary N) is 1. The number of nitrogen functional groups attached to an aromatic ring is 1.